The maximum Gasteiger partial charge on any atom is 0.216 e. The lowest BCUT2D eigenvalue weighted by atomic mass is 9.81. The Hall–Kier alpha value is -0.980. The molecule has 1 fully saturated rings. The van der Waals surface area contributed by atoms with Crippen molar-refractivity contribution in [1.82, 2.24) is 4.72 Å². The maximum atomic E-state index is 12.2. The average Bonchev–Trinajstić information content (AvgIpc) is 2.25. The summed E-state index contributed by atoms with van der Waals surface area (Å²) in [6.07, 6.45) is 3.40. The van der Waals surface area contributed by atoms with Crippen LogP contribution >= 0.6 is 12.2 Å². The van der Waals surface area contributed by atoms with E-state index in [0.29, 0.717) is 17.0 Å². The monoisotopic (exact) mass is 312 g/mol. The van der Waals surface area contributed by atoms with E-state index in [9.17, 15) is 8.42 Å². The quantitative estimate of drug-likeness (QED) is 0.787. The predicted octanol–water partition coefficient (Wildman–Crippen LogP) is 1.93. The molecule has 0 aliphatic heterocycles. The fourth-order valence-electron chi connectivity index (χ4n) is 2.45. The lowest BCUT2D eigenvalue weighted by Gasteiger charge is -2.31. The summed E-state index contributed by atoms with van der Waals surface area (Å²) < 4.78 is 27.2. The Bertz CT molecular complexity index is 595. The molecule has 0 heterocycles. The highest BCUT2D eigenvalue weighted by Crippen LogP contribution is 2.29. The Kier molecular flexibility index (Phi) is 4.78. The van der Waals surface area contributed by atoms with Crippen LogP contribution in [0.5, 0.6) is 0 Å². The first-order chi connectivity index (χ1) is 9.39. The number of benzene rings is 1. The van der Waals surface area contributed by atoms with Crippen LogP contribution in [0.15, 0.2) is 24.3 Å². The van der Waals surface area contributed by atoms with Crippen molar-refractivity contribution < 1.29 is 8.42 Å². The molecule has 1 saturated carbocycles. The Morgan fingerprint density at radius 3 is 2.65 bits per heavy atom. The van der Waals surface area contributed by atoms with Gasteiger partial charge in [0.25, 0.3) is 0 Å². The third-order valence-corrected chi connectivity index (χ3v) is 5.49. The first-order valence-electron chi connectivity index (χ1n) is 6.77. The summed E-state index contributed by atoms with van der Waals surface area (Å²) in [6.45, 7) is 1.93. The van der Waals surface area contributed by atoms with Gasteiger partial charge in [0, 0.05) is 11.6 Å². The number of rotatable bonds is 6. The molecule has 4 nitrogen and oxygen atoms in total. The first kappa shape index (κ1) is 15.4. The Labute approximate surface area is 125 Å². The molecule has 20 heavy (non-hydrogen) atoms. The molecule has 1 aromatic carbocycles. The van der Waals surface area contributed by atoms with Gasteiger partial charge in [0.15, 0.2) is 0 Å². The van der Waals surface area contributed by atoms with Gasteiger partial charge in [-0.15, -0.1) is 0 Å². The minimum atomic E-state index is -3.38. The van der Waals surface area contributed by atoms with Gasteiger partial charge in [-0.25, -0.2) is 13.1 Å². The van der Waals surface area contributed by atoms with Crippen molar-refractivity contribution in [3.8, 4) is 0 Å². The van der Waals surface area contributed by atoms with Gasteiger partial charge in [0.05, 0.1) is 5.75 Å². The van der Waals surface area contributed by atoms with E-state index >= 15 is 0 Å². The van der Waals surface area contributed by atoms with Crippen molar-refractivity contribution in [2.45, 2.75) is 38.0 Å². The maximum absolute atomic E-state index is 12.2. The Balaban J connectivity index is 2.09. The molecule has 6 heteroatoms. The summed E-state index contributed by atoms with van der Waals surface area (Å²) in [4.78, 5) is 0.225. The third kappa shape index (κ3) is 3.77. The molecule has 0 bridgehead atoms. The zero-order valence-corrected chi connectivity index (χ0v) is 13.1. The zero-order chi connectivity index (χ0) is 14.8. The molecule has 1 aliphatic rings. The van der Waals surface area contributed by atoms with Gasteiger partial charge in [0.2, 0.25) is 10.0 Å². The number of hydrogen-bond acceptors (Lipinski definition) is 3. The smallest absolute Gasteiger partial charge is 0.216 e. The summed E-state index contributed by atoms with van der Waals surface area (Å²) in [5.41, 5.74) is 6.91. The van der Waals surface area contributed by atoms with Gasteiger partial charge in [-0.05, 0) is 31.2 Å². The average molecular weight is 312 g/mol. The highest BCUT2D eigenvalue weighted by molar-refractivity contribution is 7.88. The molecule has 0 amide bonds. The van der Waals surface area contributed by atoms with Gasteiger partial charge in [0.1, 0.15) is 4.99 Å². The van der Waals surface area contributed by atoms with Crippen LogP contribution in [-0.4, -0.2) is 19.4 Å². The highest BCUT2D eigenvalue weighted by Gasteiger charge is 2.27. The third-order valence-electron chi connectivity index (χ3n) is 3.85. The molecule has 0 spiro atoms. The van der Waals surface area contributed by atoms with E-state index in [1.807, 2.05) is 6.92 Å². The van der Waals surface area contributed by atoms with E-state index in [1.165, 1.54) is 6.42 Å². The summed E-state index contributed by atoms with van der Waals surface area (Å²) in [5.74, 6) is 0.382. The van der Waals surface area contributed by atoms with Crippen molar-refractivity contribution in [2.24, 2.45) is 11.7 Å². The van der Waals surface area contributed by atoms with Gasteiger partial charge in [-0.3, -0.25) is 0 Å². The molecular formula is C14H20N2O2S2. The van der Waals surface area contributed by atoms with Crippen LogP contribution in [0.3, 0.4) is 0 Å². The second-order valence-corrected chi connectivity index (χ2v) is 7.57. The van der Waals surface area contributed by atoms with E-state index in [4.69, 9.17) is 18.0 Å². The van der Waals surface area contributed by atoms with Crippen LogP contribution in [0.1, 0.15) is 37.3 Å². The van der Waals surface area contributed by atoms with E-state index < -0.39 is 10.0 Å². The van der Waals surface area contributed by atoms with Crippen molar-refractivity contribution >= 4 is 27.2 Å². The summed E-state index contributed by atoms with van der Waals surface area (Å²) in [6, 6.07) is 7.09. The molecule has 3 N–H and O–H groups in total. The van der Waals surface area contributed by atoms with Crippen molar-refractivity contribution in [3.63, 3.8) is 0 Å². The van der Waals surface area contributed by atoms with Crippen molar-refractivity contribution in [1.29, 1.82) is 0 Å². The molecule has 1 aromatic rings. The van der Waals surface area contributed by atoms with Crippen molar-refractivity contribution in [2.75, 3.05) is 0 Å². The SMILES string of the molecule is CC(NS(=O)(=O)Cc1ccccc1C(N)=S)C1CCC1. The van der Waals surface area contributed by atoms with Gasteiger partial charge in [-0.2, -0.15) is 0 Å². The largest absolute Gasteiger partial charge is 0.389 e. The standard InChI is InChI=1S/C14H20N2O2S2/c1-10(11-6-4-7-11)16-20(17,18)9-12-5-2-3-8-13(12)14(15)19/h2-3,5,8,10-11,16H,4,6-7,9H2,1H3,(H2,15,19). The summed E-state index contributed by atoms with van der Waals surface area (Å²) >= 11 is 4.96. The van der Waals surface area contributed by atoms with Gasteiger partial charge >= 0.3 is 0 Å². The fraction of sp³-hybridized carbons (Fsp3) is 0.500. The van der Waals surface area contributed by atoms with Crippen LogP contribution < -0.4 is 10.5 Å². The second kappa shape index (κ2) is 6.20. The summed E-state index contributed by atoms with van der Waals surface area (Å²) in [7, 11) is -3.38. The van der Waals surface area contributed by atoms with Gasteiger partial charge < -0.3 is 5.73 Å². The molecule has 0 saturated heterocycles. The molecule has 1 aliphatic carbocycles. The van der Waals surface area contributed by atoms with E-state index in [2.05, 4.69) is 4.72 Å². The molecule has 0 aromatic heterocycles. The van der Waals surface area contributed by atoms with Crippen LogP contribution in [0.25, 0.3) is 0 Å². The highest BCUT2D eigenvalue weighted by atomic mass is 32.2. The Morgan fingerprint density at radius 1 is 1.45 bits per heavy atom. The van der Waals surface area contributed by atoms with Crippen LogP contribution in [0.4, 0.5) is 0 Å². The molecular weight excluding hydrogens is 292 g/mol. The molecule has 1 unspecified atom stereocenters. The molecule has 0 radical (unpaired) electrons. The lowest BCUT2D eigenvalue weighted by molar-refractivity contribution is 0.260. The van der Waals surface area contributed by atoms with Crippen LogP contribution in [-0.2, 0) is 15.8 Å². The fourth-order valence-corrected chi connectivity index (χ4v) is 4.15. The molecule has 1 atom stereocenters. The normalized spacial score (nSPS) is 17.4. The molecule has 110 valence electrons. The molecule has 2 rings (SSSR count). The Morgan fingerprint density at radius 2 is 2.10 bits per heavy atom. The number of sulfonamides is 1. The second-order valence-electron chi connectivity index (χ2n) is 5.38. The first-order valence-corrected chi connectivity index (χ1v) is 8.83. The minimum absolute atomic E-state index is 0.00857. The van der Waals surface area contributed by atoms with E-state index in [1.54, 1.807) is 24.3 Å². The number of hydrogen-bond donors (Lipinski definition) is 2. The minimum Gasteiger partial charge on any atom is -0.389 e. The van der Waals surface area contributed by atoms with E-state index in [-0.39, 0.29) is 16.8 Å². The lowest BCUT2D eigenvalue weighted by Crippen LogP contribution is -2.41. The number of nitrogens with one attached hydrogen (secondary N) is 1. The van der Waals surface area contributed by atoms with Crippen molar-refractivity contribution in [3.05, 3.63) is 35.4 Å². The number of thiocarbonyl (C=S) groups is 1. The topological polar surface area (TPSA) is 72.2 Å². The van der Waals surface area contributed by atoms with Crippen LogP contribution in [0, 0.1) is 5.92 Å². The number of nitrogens with two attached hydrogens (primary N) is 1. The van der Waals surface area contributed by atoms with E-state index in [0.717, 1.165) is 12.8 Å². The van der Waals surface area contributed by atoms with Gasteiger partial charge in [-0.1, -0.05) is 42.9 Å². The zero-order valence-electron chi connectivity index (χ0n) is 11.5. The van der Waals surface area contributed by atoms with Crippen LogP contribution in [0.2, 0.25) is 0 Å². The summed E-state index contributed by atoms with van der Waals surface area (Å²) in [5, 5.41) is 0. The predicted molar refractivity (Wildman–Crippen MR) is 84.9 cm³/mol.